The van der Waals surface area contributed by atoms with E-state index >= 15 is 0 Å². The number of carbonyl (C=O) groups excluding carboxylic acids is 3. The van der Waals surface area contributed by atoms with Crippen LogP contribution in [0.2, 0.25) is 0 Å². The first-order valence-electron chi connectivity index (χ1n) is 9.58. The number of benzene rings is 1. The molecule has 0 unspecified atom stereocenters. The average molecular weight is 430 g/mol. The second-order valence-electron chi connectivity index (χ2n) is 7.19. The Labute approximate surface area is 178 Å². The summed E-state index contributed by atoms with van der Waals surface area (Å²) in [7, 11) is 1.67. The van der Waals surface area contributed by atoms with E-state index in [0.717, 1.165) is 20.3 Å². The molecule has 1 aromatic heterocycles. The zero-order valence-corrected chi connectivity index (χ0v) is 18.4. The lowest BCUT2D eigenvalue weighted by atomic mass is 10.0. The molecule has 4 rings (SSSR count). The number of hydrogen-bond acceptors (Lipinski definition) is 5. The van der Waals surface area contributed by atoms with Crippen LogP contribution < -0.4 is 4.90 Å². The van der Waals surface area contributed by atoms with Crippen LogP contribution in [0.25, 0.3) is 0 Å². The summed E-state index contributed by atoms with van der Waals surface area (Å²) in [6.45, 7) is 3.58. The maximum atomic E-state index is 13.0. The molecule has 0 saturated carbocycles. The molecule has 0 radical (unpaired) electrons. The molecule has 2 aliphatic heterocycles. The van der Waals surface area contributed by atoms with Crippen LogP contribution in [0.3, 0.4) is 0 Å². The summed E-state index contributed by atoms with van der Waals surface area (Å²) in [4.78, 5) is 45.7. The molecule has 8 heteroatoms. The maximum absolute atomic E-state index is 13.0. The van der Waals surface area contributed by atoms with Crippen LogP contribution in [0.15, 0.2) is 29.2 Å². The Bertz CT molecular complexity index is 1000. The van der Waals surface area contributed by atoms with Gasteiger partial charge in [0.1, 0.15) is 11.5 Å². The van der Waals surface area contributed by atoms with E-state index in [4.69, 9.17) is 0 Å². The van der Waals surface area contributed by atoms with Gasteiger partial charge in [-0.15, -0.1) is 23.1 Å². The molecule has 0 atom stereocenters. The van der Waals surface area contributed by atoms with Crippen molar-refractivity contribution in [2.75, 3.05) is 37.8 Å². The maximum Gasteiger partial charge on any atom is 0.257 e. The van der Waals surface area contributed by atoms with Crippen molar-refractivity contribution in [1.29, 1.82) is 0 Å². The van der Waals surface area contributed by atoms with Crippen LogP contribution in [-0.4, -0.2) is 60.5 Å². The van der Waals surface area contributed by atoms with Crippen LogP contribution in [0.5, 0.6) is 0 Å². The van der Waals surface area contributed by atoms with Crippen LogP contribution >= 0.6 is 23.1 Å². The minimum Gasteiger partial charge on any atom is -0.333 e. The summed E-state index contributed by atoms with van der Waals surface area (Å²) < 4.78 is 0. The van der Waals surface area contributed by atoms with Gasteiger partial charge in [-0.3, -0.25) is 14.4 Å². The fourth-order valence-electron chi connectivity index (χ4n) is 3.90. The number of amides is 3. The molecule has 0 fully saturated rings. The summed E-state index contributed by atoms with van der Waals surface area (Å²) in [5.74, 6) is -0.168. The highest BCUT2D eigenvalue weighted by Crippen LogP contribution is 2.41. The first kappa shape index (κ1) is 20.0. The van der Waals surface area contributed by atoms with Crippen molar-refractivity contribution < 1.29 is 14.4 Å². The van der Waals surface area contributed by atoms with E-state index in [1.807, 2.05) is 42.3 Å². The third kappa shape index (κ3) is 3.44. The molecule has 3 amide bonds. The van der Waals surface area contributed by atoms with Crippen molar-refractivity contribution in [3.8, 4) is 0 Å². The van der Waals surface area contributed by atoms with Crippen LogP contribution in [-0.2, 0) is 17.8 Å². The van der Waals surface area contributed by atoms with E-state index in [1.165, 1.54) is 16.2 Å². The minimum absolute atomic E-state index is 0.00186. The molecule has 0 spiro atoms. The molecule has 0 saturated heterocycles. The lowest BCUT2D eigenvalue weighted by molar-refractivity contribution is -0.118. The summed E-state index contributed by atoms with van der Waals surface area (Å²) in [5, 5.41) is 0.732. The van der Waals surface area contributed by atoms with Gasteiger partial charge in [-0.2, -0.15) is 0 Å². The summed E-state index contributed by atoms with van der Waals surface area (Å²) in [6.07, 6.45) is 2.62. The number of nitrogens with zero attached hydrogens (tertiary/aromatic N) is 3. The Morgan fingerprint density at radius 2 is 2.03 bits per heavy atom. The number of thioether (sulfide) groups is 1. The van der Waals surface area contributed by atoms with E-state index in [2.05, 4.69) is 0 Å². The van der Waals surface area contributed by atoms with Gasteiger partial charge in [-0.1, -0.05) is 6.07 Å². The van der Waals surface area contributed by atoms with Crippen molar-refractivity contribution >= 4 is 45.8 Å². The number of fused-ring (bicyclic) bond motifs is 3. The summed E-state index contributed by atoms with van der Waals surface area (Å²) in [6, 6.07) is 7.66. The van der Waals surface area contributed by atoms with Crippen molar-refractivity contribution in [3.63, 3.8) is 0 Å². The fourth-order valence-corrected chi connectivity index (χ4v) is 5.79. The lowest BCUT2D eigenvalue weighted by Gasteiger charge is -2.28. The quantitative estimate of drug-likeness (QED) is 0.704. The highest BCUT2D eigenvalue weighted by molar-refractivity contribution is 7.98. The van der Waals surface area contributed by atoms with Gasteiger partial charge in [0.2, 0.25) is 5.91 Å². The van der Waals surface area contributed by atoms with Gasteiger partial charge >= 0.3 is 0 Å². The molecule has 0 aliphatic carbocycles. The first-order valence-corrected chi connectivity index (χ1v) is 11.6. The Morgan fingerprint density at radius 1 is 1.24 bits per heavy atom. The lowest BCUT2D eigenvalue weighted by Crippen LogP contribution is -2.38. The Morgan fingerprint density at radius 3 is 2.76 bits per heavy atom. The fraction of sp³-hybridized carbons (Fsp3) is 0.381. The molecule has 2 aliphatic rings. The monoisotopic (exact) mass is 429 g/mol. The number of rotatable bonds is 3. The number of thiophene rings is 1. The largest absolute Gasteiger partial charge is 0.333 e. The van der Waals surface area contributed by atoms with Crippen LogP contribution in [0.1, 0.15) is 38.1 Å². The summed E-state index contributed by atoms with van der Waals surface area (Å²) in [5.41, 5.74) is 2.33. The SMILES string of the molecule is CCN1C(=O)CN(C)C(=O)c2c1sc1c2CCN(C(=O)c2cccc(SC)c2)C1. The van der Waals surface area contributed by atoms with Crippen molar-refractivity contribution in [1.82, 2.24) is 9.80 Å². The smallest absolute Gasteiger partial charge is 0.257 e. The zero-order chi connectivity index (χ0) is 20.7. The number of carbonyl (C=O) groups is 3. The Kier molecular flexibility index (Phi) is 5.40. The highest BCUT2D eigenvalue weighted by Gasteiger charge is 2.37. The van der Waals surface area contributed by atoms with E-state index in [1.54, 1.807) is 23.7 Å². The Balaban J connectivity index is 1.67. The molecule has 29 heavy (non-hydrogen) atoms. The molecule has 3 heterocycles. The number of anilines is 1. The van der Waals surface area contributed by atoms with Gasteiger partial charge in [0.05, 0.1) is 12.1 Å². The third-order valence-electron chi connectivity index (χ3n) is 5.44. The normalized spacial score (nSPS) is 16.6. The second kappa shape index (κ2) is 7.84. The molecular formula is C21H23N3O3S2. The second-order valence-corrected chi connectivity index (χ2v) is 9.16. The highest BCUT2D eigenvalue weighted by atomic mass is 32.2. The van der Waals surface area contributed by atoms with Crippen LogP contribution in [0.4, 0.5) is 5.00 Å². The van der Waals surface area contributed by atoms with E-state index in [0.29, 0.717) is 37.2 Å². The van der Waals surface area contributed by atoms with E-state index in [9.17, 15) is 14.4 Å². The van der Waals surface area contributed by atoms with E-state index in [-0.39, 0.29) is 24.3 Å². The summed E-state index contributed by atoms with van der Waals surface area (Å²) >= 11 is 3.09. The molecule has 2 aromatic rings. The van der Waals surface area contributed by atoms with Gasteiger partial charge < -0.3 is 14.7 Å². The molecule has 0 bridgehead atoms. The third-order valence-corrected chi connectivity index (χ3v) is 7.40. The molecule has 1 aromatic carbocycles. The van der Waals surface area contributed by atoms with Gasteiger partial charge in [0, 0.05) is 35.5 Å². The van der Waals surface area contributed by atoms with Gasteiger partial charge in [-0.25, -0.2) is 0 Å². The number of hydrogen-bond donors (Lipinski definition) is 0. The predicted molar refractivity (Wildman–Crippen MR) is 116 cm³/mol. The molecular weight excluding hydrogens is 406 g/mol. The first-order chi connectivity index (χ1) is 13.9. The predicted octanol–water partition coefficient (Wildman–Crippen LogP) is 3.11. The van der Waals surface area contributed by atoms with Crippen molar-refractivity contribution in [2.24, 2.45) is 0 Å². The number of likely N-dealkylation sites (N-methyl/N-ethyl adjacent to an activating group) is 2. The molecule has 152 valence electrons. The van der Waals surface area contributed by atoms with Crippen molar-refractivity contribution in [3.05, 3.63) is 45.8 Å². The van der Waals surface area contributed by atoms with Crippen LogP contribution in [0, 0.1) is 0 Å². The topological polar surface area (TPSA) is 60.9 Å². The van der Waals surface area contributed by atoms with Gasteiger partial charge in [-0.05, 0) is 43.4 Å². The van der Waals surface area contributed by atoms with Crippen molar-refractivity contribution in [2.45, 2.75) is 24.8 Å². The van der Waals surface area contributed by atoms with E-state index < -0.39 is 0 Å². The minimum atomic E-state index is -0.103. The zero-order valence-electron chi connectivity index (χ0n) is 16.7. The Hall–Kier alpha value is -2.32. The van der Waals surface area contributed by atoms with Gasteiger partial charge in [0.15, 0.2) is 0 Å². The average Bonchev–Trinajstić information content (AvgIpc) is 3.07. The molecule has 6 nitrogen and oxygen atoms in total. The van der Waals surface area contributed by atoms with Gasteiger partial charge in [0.25, 0.3) is 11.8 Å². The standard InChI is InChI=1S/C21H23N3O3S2/c1-4-24-17(25)12-22(2)20(27)18-15-8-9-23(11-16(15)29-21(18)24)19(26)13-6-5-7-14(10-13)28-3/h5-7,10H,4,8-9,11-12H2,1-3H3. The molecule has 0 N–H and O–H groups in total.